The van der Waals surface area contributed by atoms with Gasteiger partial charge in [0.1, 0.15) is 0 Å². The van der Waals surface area contributed by atoms with Gasteiger partial charge in [-0.3, -0.25) is 9.40 Å². The number of hydrogen-bond acceptors (Lipinski definition) is 5. The van der Waals surface area contributed by atoms with E-state index in [9.17, 15) is 4.57 Å². The fraction of sp³-hybridized carbons (Fsp3) is 0.400. The Balaban J connectivity index is 2.01. The first-order chi connectivity index (χ1) is 13.1. The minimum Gasteiger partial charge on any atom is -0.308 e. The van der Waals surface area contributed by atoms with Crippen LogP contribution in [0.25, 0.3) is 0 Å². The zero-order valence-electron chi connectivity index (χ0n) is 15.8. The third-order valence-electron chi connectivity index (χ3n) is 3.96. The van der Waals surface area contributed by atoms with Gasteiger partial charge >= 0.3 is 7.60 Å². The molecule has 7 heteroatoms. The Morgan fingerprint density at radius 1 is 1.00 bits per heavy atom. The Morgan fingerprint density at radius 3 is 2.22 bits per heavy atom. The molecule has 2 aromatic carbocycles. The van der Waals surface area contributed by atoms with Crippen LogP contribution >= 0.6 is 19.2 Å². The number of nitrogens with one attached hydrogen (secondary N) is 1. The van der Waals surface area contributed by atoms with Gasteiger partial charge in [0.2, 0.25) is 0 Å². The predicted molar refractivity (Wildman–Crippen MR) is 109 cm³/mol. The summed E-state index contributed by atoms with van der Waals surface area (Å²) in [6.07, 6.45) is 0.535. The van der Waals surface area contributed by atoms with Crippen molar-refractivity contribution in [3.8, 4) is 0 Å². The molecule has 0 heterocycles. The monoisotopic (exact) mass is 411 g/mol. The van der Waals surface area contributed by atoms with E-state index < -0.39 is 13.3 Å². The van der Waals surface area contributed by atoms with E-state index in [1.165, 1.54) is 0 Å². The molecule has 1 unspecified atom stereocenters. The maximum absolute atomic E-state index is 13.3. The average molecular weight is 412 g/mol. The normalized spacial score (nSPS) is 12.9. The van der Waals surface area contributed by atoms with Gasteiger partial charge in [-0.15, -0.1) is 0 Å². The molecule has 0 aromatic heterocycles. The Labute approximate surface area is 166 Å². The summed E-state index contributed by atoms with van der Waals surface area (Å²) < 4.78 is 24.5. The standard InChI is InChI=1S/C20H27ClNO4P/c1-3-25-27(23,26-4-2)20(18-10-12-19(21)13-11-18)14-15-22-24-16-17-8-6-5-7-9-17/h5-13,20,22H,3-4,14-16H2,1-2H3. The van der Waals surface area contributed by atoms with Crippen LogP contribution in [0.1, 0.15) is 37.1 Å². The molecule has 0 spiro atoms. The smallest absolute Gasteiger partial charge is 0.308 e. The summed E-state index contributed by atoms with van der Waals surface area (Å²) >= 11 is 5.99. The molecule has 5 nitrogen and oxygen atoms in total. The van der Waals surface area contributed by atoms with Crippen molar-refractivity contribution in [1.82, 2.24) is 5.48 Å². The molecule has 2 rings (SSSR count). The van der Waals surface area contributed by atoms with Gasteiger partial charge in [0, 0.05) is 11.6 Å². The molecular weight excluding hydrogens is 385 g/mol. The summed E-state index contributed by atoms with van der Waals surface area (Å²) in [5.41, 5.74) is 4.49. The van der Waals surface area contributed by atoms with Gasteiger partial charge < -0.3 is 9.05 Å². The van der Waals surface area contributed by atoms with Crippen molar-refractivity contribution < 1.29 is 18.5 Å². The lowest BCUT2D eigenvalue weighted by atomic mass is 10.1. The van der Waals surface area contributed by atoms with Crippen LogP contribution in [0, 0.1) is 0 Å². The first-order valence-corrected chi connectivity index (χ1v) is 11.1. The van der Waals surface area contributed by atoms with Crippen molar-refractivity contribution in [1.29, 1.82) is 0 Å². The van der Waals surface area contributed by atoms with Gasteiger partial charge in [0.15, 0.2) is 0 Å². The Bertz CT molecular complexity index is 702. The van der Waals surface area contributed by atoms with Gasteiger partial charge in [-0.05, 0) is 43.5 Å². The van der Waals surface area contributed by atoms with Crippen molar-refractivity contribution in [3.05, 3.63) is 70.7 Å². The highest BCUT2D eigenvalue weighted by Crippen LogP contribution is 2.62. The molecule has 0 saturated carbocycles. The fourth-order valence-electron chi connectivity index (χ4n) is 2.75. The van der Waals surface area contributed by atoms with E-state index in [-0.39, 0.29) is 0 Å². The molecule has 0 radical (unpaired) electrons. The van der Waals surface area contributed by atoms with Gasteiger partial charge in [0.25, 0.3) is 0 Å². The number of hydrogen-bond donors (Lipinski definition) is 1. The molecule has 148 valence electrons. The highest BCUT2D eigenvalue weighted by atomic mass is 35.5. The fourth-order valence-corrected chi connectivity index (χ4v) is 5.01. The second-order valence-electron chi connectivity index (χ2n) is 5.90. The molecule has 0 amide bonds. The molecule has 1 atom stereocenters. The Kier molecular flexibility index (Phi) is 9.49. The molecular formula is C20H27ClNO4P. The molecule has 2 aromatic rings. The topological polar surface area (TPSA) is 56.8 Å². The lowest BCUT2D eigenvalue weighted by Crippen LogP contribution is -2.19. The zero-order chi connectivity index (χ0) is 19.5. The van der Waals surface area contributed by atoms with E-state index in [0.29, 0.717) is 37.8 Å². The zero-order valence-corrected chi connectivity index (χ0v) is 17.4. The second kappa shape index (κ2) is 11.6. The van der Waals surface area contributed by atoms with E-state index in [4.69, 9.17) is 25.5 Å². The minimum atomic E-state index is -3.31. The van der Waals surface area contributed by atoms with Gasteiger partial charge in [-0.25, -0.2) is 5.48 Å². The van der Waals surface area contributed by atoms with Crippen LogP contribution in [-0.2, 0) is 25.1 Å². The lowest BCUT2D eigenvalue weighted by molar-refractivity contribution is 0.0270. The summed E-state index contributed by atoms with van der Waals surface area (Å²) in [4.78, 5) is 5.52. The highest BCUT2D eigenvalue weighted by molar-refractivity contribution is 7.54. The molecule has 0 bridgehead atoms. The van der Waals surface area contributed by atoms with Crippen molar-refractivity contribution >= 4 is 19.2 Å². The summed E-state index contributed by atoms with van der Waals surface area (Å²) in [5.74, 6) is 0. The van der Waals surface area contributed by atoms with Gasteiger partial charge in [-0.2, -0.15) is 0 Å². The van der Waals surface area contributed by atoms with Crippen molar-refractivity contribution in [2.45, 2.75) is 32.5 Å². The second-order valence-corrected chi connectivity index (χ2v) is 8.56. The third kappa shape index (κ3) is 7.04. The van der Waals surface area contributed by atoms with Crippen LogP contribution in [0.4, 0.5) is 0 Å². The number of benzene rings is 2. The van der Waals surface area contributed by atoms with Crippen LogP contribution in [0.3, 0.4) is 0 Å². The number of rotatable bonds is 12. The van der Waals surface area contributed by atoms with E-state index in [1.807, 2.05) is 56.3 Å². The maximum atomic E-state index is 13.3. The maximum Gasteiger partial charge on any atom is 0.338 e. The number of hydroxylamine groups is 1. The largest absolute Gasteiger partial charge is 0.338 e. The predicted octanol–water partition coefficient (Wildman–Crippen LogP) is 5.76. The first-order valence-electron chi connectivity index (χ1n) is 9.12. The SMILES string of the molecule is CCOP(=O)(OCC)C(CCNOCc1ccccc1)c1ccc(Cl)cc1. The van der Waals surface area contributed by atoms with Crippen LogP contribution in [-0.4, -0.2) is 19.8 Å². The molecule has 1 N–H and O–H groups in total. The van der Waals surface area contributed by atoms with E-state index in [1.54, 1.807) is 12.1 Å². The molecule has 0 aliphatic heterocycles. The third-order valence-corrected chi connectivity index (χ3v) is 6.77. The van der Waals surface area contributed by atoms with Crippen molar-refractivity contribution in [2.75, 3.05) is 19.8 Å². The van der Waals surface area contributed by atoms with Crippen LogP contribution < -0.4 is 5.48 Å². The quantitative estimate of drug-likeness (QED) is 0.273. The van der Waals surface area contributed by atoms with Crippen LogP contribution in [0.5, 0.6) is 0 Å². The molecule has 27 heavy (non-hydrogen) atoms. The van der Waals surface area contributed by atoms with Crippen molar-refractivity contribution in [3.63, 3.8) is 0 Å². The summed E-state index contributed by atoms with van der Waals surface area (Å²) in [6, 6.07) is 17.2. The minimum absolute atomic E-state index is 0.319. The van der Waals surface area contributed by atoms with Gasteiger partial charge in [-0.1, -0.05) is 54.1 Å². The molecule has 0 fully saturated rings. The summed E-state index contributed by atoms with van der Waals surface area (Å²) in [7, 11) is -3.31. The van der Waals surface area contributed by atoms with Crippen molar-refractivity contribution in [2.24, 2.45) is 0 Å². The van der Waals surface area contributed by atoms with Crippen LogP contribution in [0.2, 0.25) is 5.02 Å². The van der Waals surface area contributed by atoms with Gasteiger partial charge in [0.05, 0.1) is 25.5 Å². The van der Waals surface area contributed by atoms with E-state index >= 15 is 0 Å². The molecule has 0 aliphatic rings. The van der Waals surface area contributed by atoms with E-state index in [2.05, 4.69) is 5.48 Å². The highest BCUT2D eigenvalue weighted by Gasteiger charge is 2.36. The summed E-state index contributed by atoms with van der Waals surface area (Å²) in [6.45, 7) is 5.22. The Morgan fingerprint density at radius 2 is 1.63 bits per heavy atom. The lowest BCUT2D eigenvalue weighted by Gasteiger charge is -2.27. The molecule has 0 aliphatic carbocycles. The Hall–Kier alpha value is -1.20. The molecule has 0 saturated heterocycles. The average Bonchev–Trinajstić information content (AvgIpc) is 2.67. The first kappa shape index (κ1) is 22.1. The summed E-state index contributed by atoms with van der Waals surface area (Å²) in [5, 5.41) is 0.629. The number of halogens is 1. The van der Waals surface area contributed by atoms with E-state index in [0.717, 1.165) is 11.1 Å². The van der Waals surface area contributed by atoms with Crippen LogP contribution in [0.15, 0.2) is 54.6 Å².